The van der Waals surface area contributed by atoms with Crippen LogP contribution in [0.25, 0.3) is 0 Å². The second kappa shape index (κ2) is 9.50. The van der Waals surface area contributed by atoms with Crippen molar-refractivity contribution in [2.45, 2.75) is 31.0 Å². The standard InChI is InChI=1S/C24H29F3N2O3/c1-28(2)15-19-16-29(13-12-23(19,32)18-7-5-8-20(30)14-18)22(31)11-10-17-6-3-4-9-21(17)24(25,26)27/h3-9,14,19,30,32H,10-13,15-16H2,1-2H3. The summed E-state index contributed by atoms with van der Waals surface area (Å²) in [6.07, 6.45) is -4.22. The first-order valence-corrected chi connectivity index (χ1v) is 10.6. The summed E-state index contributed by atoms with van der Waals surface area (Å²) in [5.41, 5.74) is -1.24. The number of alkyl halides is 3. The van der Waals surface area contributed by atoms with Gasteiger partial charge in [-0.15, -0.1) is 0 Å². The number of phenolic OH excluding ortho intramolecular Hbond substituents is 1. The number of nitrogens with zero attached hydrogens (tertiary/aromatic N) is 2. The summed E-state index contributed by atoms with van der Waals surface area (Å²) in [6, 6.07) is 11.8. The number of hydrogen-bond acceptors (Lipinski definition) is 4. The van der Waals surface area contributed by atoms with E-state index in [-0.39, 0.29) is 55.5 Å². The Balaban J connectivity index is 1.73. The highest BCUT2D eigenvalue weighted by molar-refractivity contribution is 5.76. The maximum atomic E-state index is 13.2. The Bertz CT molecular complexity index is 948. The van der Waals surface area contributed by atoms with Crippen molar-refractivity contribution in [3.8, 4) is 5.75 Å². The number of halogens is 3. The van der Waals surface area contributed by atoms with Gasteiger partial charge in [0.15, 0.2) is 0 Å². The summed E-state index contributed by atoms with van der Waals surface area (Å²) in [5.74, 6) is -0.496. The van der Waals surface area contributed by atoms with Crippen LogP contribution in [0.1, 0.15) is 29.5 Å². The van der Waals surface area contributed by atoms with Crippen molar-refractivity contribution >= 4 is 5.91 Å². The predicted molar refractivity (Wildman–Crippen MR) is 115 cm³/mol. The van der Waals surface area contributed by atoms with Crippen molar-refractivity contribution in [3.05, 3.63) is 65.2 Å². The van der Waals surface area contributed by atoms with Crippen molar-refractivity contribution in [3.63, 3.8) is 0 Å². The highest BCUT2D eigenvalue weighted by Crippen LogP contribution is 2.39. The van der Waals surface area contributed by atoms with Crippen LogP contribution >= 0.6 is 0 Å². The quantitative estimate of drug-likeness (QED) is 0.706. The molecular formula is C24H29F3N2O3. The second-order valence-electron chi connectivity index (χ2n) is 8.68. The van der Waals surface area contributed by atoms with E-state index in [0.29, 0.717) is 12.1 Å². The molecule has 0 aliphatic carbocycles. The van der Waals surface area contributed by atoms with Crippen molar-refractivity contribution < 1.29 is 28.2 Å². The van der Waals surface area contributed by atoms with E-state index >= 15 is 0 Å². The molecule has 0 saturated carbocycles. The van der Waals surface area contributed by atoms with E-state index in [2.05, 4.69) is 0 Å². The summed E-state index contributed by atoms with van der Waals surface area (Å²) in [4.78, 5) is 16.4. The molecular weight excluding hydrogens is 421 g/mol. The molecule has 1 fully saturated rings. The Morgan fingerprint density at radius 2 is 1.91 bits per heavy atom. The van der Waals surface area contributed by atoms with Gasteiger partial charge in [-0.3, -0.25) is 4.79 Å². The molecule has 1 aliphatic heterocycles. The maximum Gasteiger partial charge on any atom is 0.416 e. The fraction of sp³-hybridized carbons (Fsp3) is 0.458. The van der Waals surface area contributed by atoms with E-state index in [1.807, 2.05) is 19.0 Å². The molecule has 1 aliphatic rings. The summed E-state index contributed by atoms with van der Waals surface area (Å²) in [7, 11) is 3.75. The van der Waals surface area contributed by atoms with E-state index in [4.69, 9.17) is 0 Å². The molecule has 2 aromatic rings. The zero-order chi connectivity index (χ0) is 23.5. The van der Waals surface area contributed by atoms with Gasteiger partial charge < -0.3 is 20.0 Å². The van der Waals surface area contributed by atoms with Gasteiger partial charge >= 0.3 is 6.18 Å². The summed E-state index contributed by atoms with van der Waals surface area (Å²) >= 11 is 0. The zero-order valence-electron chi connectivity index (χ0n) is 18.3. The monoisotopic (exact) mass is 450 g/mol. The summed E-state index contributed by atoms with van der Waals surface area (Å²) < 4.78 is 39.7. The Labute approximate surface area is 186 Å². The average Bonchev–Trinajstić information content (AvgIpc) is 2.73. The molecule has 5 nitrogen and oxygen atoms in total. The van der Waals surface area contributed by atoms with E-state index in [1.54, 1.807) is 23.1 Å². The molecule has 0 spiro atoms. The second-order valence-corrected chi connectivity index (χ2v) is 8.68. The minimum atomic E-state index is -4.46. The number of carbonyl (C=O) groups is 1. The van der Waals surface area contributed by atoms with Crippen molar-refractivity contribution in [1.29, 1.82) is 0 Å². The summed E-state index contributed by atoms with van der Waals surface area (Å²) in [6.45, 7) is 1.08. The largest absolute Gasteiger partial charge is 0.508 e. The number of aliphatic hydroxyl groups is 1. The van der Waals surface area contributed by atoms with Crippen LogP contribution in [0.4, 0.5) is 13.2 Å². The SMILES string of the molecule is CN(C)CC1CN(C(=O)CCc2ccccc2C(F)(F)F)CCC1(O)c1cccc(O)c1. The zero-order valence-corrected chi connectivity index (χ0v) is 18.3. The minimum Gasteiger partial charge on any atom is -0.508 e. The highest BCUT2D eigenvalue weighted by atomic mass is 19.4. The Morgan fingerprint density at radius 1 is 1.19 bits per heavy atom. The number of amides is 1. The van der Waals surface area contributed by atoms with Crippen LogP contribution in [0, 0.1) is 5.92 Å². The van der Waals surface area contributed by atoms with Crippen LogP contribution in [0.5, 0.6) is 5.75 Å². The van der Waals surface area contributed by atoms with Crippen molar-refractivity contribution in [2.24, 2.45) is 5.92 Å². The molecule has 174 valence electrons. The van der Waals surface area contributed by atoms with Crippen LogP contribution in [0.3, 0.4) is 0 Å². The number of aromatic hydroxyl groups is 1. The van der Waals surface area contributed by atoms with Gasteiger partial charge in [-0.25, -0.2) is 0 Å². The van der Waals surface area contributed by atoms with E-state index < -0.39 is 17.3 Å². The van der Waals surface area contributed by atoms with Crippen LogP contribution in [0.15, 0.2) is 48.5 Å². The molecule has 8 heteroatoms. The highest BCUT2D eigenvalue weighted by Gasteiger charge is 2.44. The third-order valence-corrected chi connectivity index (χ3v) is 6.09. The number of benzene rings is 2. The number of hydrogen-bond donors (Lipinski definition) is 2. The molecule has 3 rings (SSSR count). The molecule has 0 aromatic heterocycles. The molecule has 2 N–H and O–H groups in total. The first-order chi connectivity index (χ1) is 15.0. The van der Waals surface area contributed by atoms with Crippen molar-refractivity contribution in [2.75, 3.05) is 33.7 Å². The normalized spacial score (nSPS) is 21.7. The Morgan fingerprint density at radius 3 is 2.56 bits per heavy atom. The van der Waals surface area contributed by atoms with Gasteiger partial charge in [0, 0.05) is 32.0 Å². The fourth-order valence-electron chi connectivity index (χ4n) is 4.46. The molecule has 32 heavy (non-hydrogen) atoms. The average molecular weight is 451 g/mol. The number of piperidine rings is 1. The molecule has 0 radical (unpaired) electrons. The van der Waals surface area contributed by atoms with E-state index in [9.17, 15) is 28.2 Å². The smallest absolute Gasteiger partial charge is 0.416 e. The number of likely N-dealkylation sites (tertiary alicyclic amines) is 1. The summed E-state index contributed by atoms with van der Waals surface area (Å²) in [5, 5.41) is 21.4. The van der Waals surface area contributed by atoms with Crippen LogP contribution in [-0.2, 0) is 23.0 Å². The minimum absolute atomic E-state index is 0.000188. The van der Waals surface area contributed by atoms with Gasteiger partial charge in [0.25, 0.3) is 0 Å². The lowest BCUT2D eigenvalue weighted by atomic mass is 9.75. The number of aryl methyl sites for hydroxylation is 1. The van der Waals surface area contributed by atoms with Crippen LogP contribution < -0.4 is 0 Å². The Hall–Kier alpha value is -2.58. The lowest BCUT2D eigenvalue weighted by Crippen LogP contribution is -2.54. The van der Waals surface area contributed by atoms with Crippen LogP contribution in [0.2, 0.25) is 0 Å². The molecule has 2 unspecified atom stereocenters. The van der Waals surface area contributed by atoms with Gasteiger partial charge in [0.2, 0.25) is 5.91 Å². The number of phenols is 1. The first kappa shape index (κ1) is 24.1. The van der Waals surface area contributed by atoms with Crippen molar-refractivity contribution in [1.82, 2.24) is 9.80 Å². The lowest BCUT2D eigenvalue weighted by molar-refractivity contribution is -0.143. The molecule has 1 heterocycles. The van der Waals surface area contributed by atoms with Gasteiger partial charge in [0.05, 0.1) is 11.2 Å². The third kappa shape index (κ3) is 5.42. The molecule has 2 atom stereocenters. The van der Waals surface area contributed by atoms with Gasteiger partial charge in [-0.1, -0.05) is 30.3 Å². The van der Waals surface area contributed by atoms with Gasteiger partial charge in [-0.2, -0.15) is 13.2 Å². The number of carbonyl (C=O) groups excluding carboxylic acids is 1. The van der Waals surface area contributed by atoms with E-state index in [1.165, 1.54) is 24.3 Å². The van der Waals surface area contributed by atoms with Gasteiger partial charge in [-0.05, 0) is 56.3 Å². The molecule has 1 amide bonds. The molecule has 2 aromatic carbocycles. The fourth-order valence-corrected chi connectivity index (χ4v) is 4.46. The number of rotatable bonds is 6. The molecule has 1 saturated heterocycles. The topological polar surface area (TPSA) is 64.0 Å². The maximum absolute atomic E-state index is 13.2. The first-order valence-electron chi connectivity index (χ1n) is 10.6. The third-order valence-electron chi connectivity index (χ3n) is 6.09. The Kier molecular flexibility index (Phi) is 7.15. The van der Waals surface area contributed by atoms with Crippen LogP contribution in [-0.4, -0.2) is 59.6 Å². The van der Waals surface area contributed by atoms with E-state index in [0.717, 1.165) is 6.07 Å². The molecule has 0 bridgehead atoms. The lowest BCUT2D eigenvalue weighted by Gasteiger charge is -2.46. The predicted octanol–water partition coefficient (Wildman–Crippen LogP) is 3.64. The van der Waals surface area contributed by atoms with Gasteiger partial charge in [0.1, 0.15) is 5.75 Å².